The lowest BCUT2D eigenvalue weighted by Gasteiger charge is -2.24. The van der Waals surface area contributed by atoms with Gasteiger partial charge in [0.1, 0.15) is 5.75 Å². The number of hydrogen-bond donors (Lipinski definition) is 0. The van der Waals surface area contributed by atoms with E-state index in [1.807, 2.05) is 0 Å². The minimum absolute atomic E-state index is 0.0783. The lowest BCUT2D eigenvalue weighted by Crippen LogP contribution is -2.14. The van der Waals surface area contributed by atoms with Crippen molar-refractivity contribution in [1.82, 2.24) is 0 Å². The molecule has 0 spiro atoms. The molecule has 0 fully saturated rings. The average molecular weight is 258 g/mol. The maximum atomic E-state index is 5.87. The van der Waals surface area contributed by atoms with E-state index in [0.717, 1.165) is 25.2 Å². The van der Waals surface area contributed by atoms with Crippen molar-refractivity contribution < 1.29 is 4.74 Å². The van der Waals surface area contributed by atoms with Gasteiger partial charge in [0.15, 0.2) is 0 Å². The minimum Gasteiger partial charge on any atom is -0.493 e. The summed E-state index contributed by atoms with van der Waals surface area (Å²) in [5.41, 5.74) is 2.64. The highest BCUT2D eigenvalue weighted by atomic mass is 16.5. The first-order chi connectivity index (χ1) is 8.90. The normalized spacial score (nSPS) is 12.8. The molecule has 0 saturated carbocycles. The lowest BCUT2D eigenvalue weighted by molar-refractivity contribution is 0.308. The smallest absolute Gasteiger partial charge is 0.123 e. The Morgan fingerprint density at radius 3 is 2.53 bits per heavy atom. The fourth-order valence-corrected chi connectivity index (χ4v) is 2.07. The summed E-state index contributed by atoms with van der Waals surface area (Å²) in [6, 6.07) is 6.49. The molecule has 1 rings (SSSR count). The zero-order valence-corrected chi connectivity index (χ0v) is 12.9. The summed E-state index contributed by atoms with van der Waals surface area (Å²) in [6.07, 6.45) is 7.21. The average Bonchev–Trinajstić information content (AvgIpc) is 2.35. The molecule has 104 valence electrons. The van der Waals surface area contributed by atoms with Crippen molar-refractivity contribution in [2.24, 2.45) is 0 Å². The first-order valence-electron chi connectivity index (χ1n) is 7.10. The number of rotatable bonds is 5. The van der Waals surface area contributed by atoms with Gasteiger partial charge in [-0.05, 0) is 34.9 Å². The van der Waals surface area contributed by atoms with E-state index in [1.54, 1.807) is 0 Å². The summed E-state index contributed by atoms with van der Waals surface area (Å²) < 4.78 is 5.87. The minimum atomic E-state index is 0.0783. The Morgan fingerprint density at radius 2 is 2.00 bits per heavy atom. The first kappa shape index (κ1) is 15.6. The van der Waals surface area contributed by atoms with Gasteiger partial charge in [-0.25, -0.2) is 0 Å². The maximum Gasteiger partial charge on any atom is 0.123 e. The summed E-state index contributed by atoms with van der Waals surface area (Å²) in [5, 5.41) is 0. The molecule has 0 aliphatic carbocycles. The van der Waals surface area contributed by atoms with Crippen LogP contribution in [-0.4, -0.2) is 6.61 Å². The topological polar surface area (TPSA) is 9.23 Å². The fraction of sp³-hybridized carbons (Fsp3) is 0.556. The van der Waals surface area contributed by atoms with Gasteiger partial charge in [0.2, 0.25) is 0 Å². The third-order valence-corrected chi connectivity index (χ3v) is 3.27. The van der Waals surface area contributed by atoms with Crippen molar-refractivity contribution in [3.05, 3.63) is 29.3 Å². The Hall–Kier alpha value is -1.42. The van der Waals surface area contributed by atoms with Crippen LogP contribution in [0.4, 0.5) is 0 Å². The molecule has 0 heterocycles. The van der Waals surface area contributed by atoms with Crippen molar-refractivity contribution in [3.8, 4) is 18.1 Å². The molecule has 0 radical (unpaired) electrons. The Labute approximate surface area is 118 Å². The highest BCUT2D eigenvalue weighted by molar-refractivity contribution is 5.42. The summed E-state index contributed by atoms with van der Waals surface area (Å²) in [5.74, 6) is 4.14. The summed E-state index contributed by atoms with van der Waals surface area (Å²) in [6.45, 7) is 11.7. The largest absolute Gasteiger partial charge is 0.493 e. The Morgan fingerprint density at radius 1 is 1.32 bits per heavy atom. The number of ether oxygens (including phenoxy) is 1. The second-order valence-corrected chi connectivity index (χ2v) is 6.16. The van der Waals surface area contributed by atoms with E-state index in [9.17, 15) is 0 Å². The van der Waals surface area contributed by atoms with Crippen molar-refractivity contribution in [1.29, 1.82) is 0 Å². The van der Waals surface area contributed by atoms with Crippen molar-refractivity contribution in [2.75, 3.05) is 6.61 Å². The fourth-order valence-electron chi connectivity index (χ4n) is 2.07. The van der Waals surface area contributed by atoms with Crippen LogP contribution in [0, 0.1) is 12.3 Å². The Balaban J connectivity index is 3.12. The van der Waals surface area contributed by atoms with Crippen LogP contribution >= 0.6 is 0 Å². The molecule has 19 heavy (non-hydrogen) atoms. The molecular weight excluding hydrogens is 232 g/mol. The lowest BCUT2D eigenvalue weighted by atomic mass is 9.83. The molecule has 1 unspecified atom stereocenters. The van der Waals surface area contributed by atoms with E-state index in [4.69, 9.17) is 11.2 Å². The Bertz CT molecular complexity index is 446. The van der Waals surface area contributed by atoms with E-state index in [-0.39, 0.29) is 5.41 Å². The Kier molecular flexibility index (Phi) is 5.48. The van der Waals surface area contributed by atoms with Crippen LogP contribution < -0.4 is 4.74 Å². The van der Waals surface area contributed by atoms with E-state index in [0.29, 0.717) is 5.92 Å². The van der Waals surface area contributed by atoms with Gasteiger partial charge in [0.05, 0.1) is 6.61 Å². The second kappa shape index (κ2) is 6.66. The number of benzene rings is 1. The zero-order chi connectivity index (χ0) is 14.5. The standard InChI is InChI=1S/C18H26O/c1-7-9-14(3)15-10-11-17(19-12-8-2)16(13-15)18(4,5)6/h1,10-11,13-14H,8-9,12H2,2-6H3. The third-order valence-electron chi connectivity index (χ3n) is 3.27. The van der Waals surface area contributed by atoms with Crippen LogP contribution in [0.1, 0.15) is 64.5 Å². The summed E-state index contributed by atoms with van der Waals surface area (Å²) in [4.78, 5) is 0. The number of terminal acetylenes is 1. The van der Waals surface area contributed by atoms with Crippen LogP contribution in [0.25, 0.3) is 0 Å². The van der Waals surface area contributed by atoms with Gasteiger partial charge in [-0.15, -0.1) is 12.3 Å². The van der Waals surface area contributed by atoms with Gasteiger partial charge in [-0.2, -0.15) is 0 Å². The molecule has 0 amide bonds. The molecule has 0 aromatic heterocycles. The molecular formula is C18H26O. The van der Waals surface area contributed by atoms with Gasteiger partial charge < -0.3 is 4.74 Å². The molecule has 0 aliphatic rings. The van der Waals surface area contributed by atoms with Crippen LogP contribution in [0.5, 0.6) is 5.75 Å². The molecule has 1 atom stereocenters. The van der Waals surface area contributed by atoms with E-state index >= 15 is 0 Å². The molecule has 1 nitrogen and oxygen atoms in total. The van der Waals surface area contributed by atoms with Crippen LogP contribution in [0.3, 0.4) is 0 Å². The van der Waals surface area contributed by atoms with E-state index < -0.39 is 0 Å². The van der Waals surface area contributed by atoms with Crippen molar-refractivity contribution in [2.45, 2.75) is 58.8 Å². The van der Waals surface area contributed by atoms with Gasteiger partial charge >= 0.3 is 0 Å². The van der Waals surface area contributed by atoms with Crippen molar-refractivity contribution in [3.63, 3.8) is 0 Å². The SMILES string of the molecule is C#CCC(C)c1ccc(OCCC)c(C(C)(C)C)c1. The monoisotopic (exact) mass is 258 g/mol. The predicted octanol–water partition coefficient (Wildman–Crippen LogP) is 4.90. The molecule has 1 aromatic rings. The van der Waals surface area contributed by atoms with Crippen LogP contribution in [-0.2, 0) is 5.41 Å². The second-order valence-electron chi connectivity index (χ2n) is 6.16. The highest BCUT2D eigenvalue weighted by Gasteiger charge is 2.20. The summed E-state index contributed by atoms with van der Waals surface area (Å²) >= 11 is 0. The molecule has 0 bridgehead atoms. The third kappa shape index (κ3) is 4.31. The molecule has 0 saturated heterocycles. The van der Waals surface area contributed by atoms with Crippen molar-refractivity contribution >= 4 is 0 Å². The zero-order valence-electron chi connectivity index (χ0n) is 12.9. The van der Waals surface area contributed by atoms with Gasteiger partial charge in [0.25, 0.3) is 0 Å². The van der Waals surface area contributed by atoms with Gasteiger partial charge in [-0.3, -0.25) is 0 Å². The predicted molar refractivity (Wildman–Crippen MR) is 82.8 cm³/mol. The van der Waals surface area contributed by atoms with E-state index in [2.05, 4.69) is 58.7 Å². The maximum absolute atomic E-state index is 5.87. The molecule has 0 aliphatic heterocycles. The van der Waals surface area contributed by atoms with Gasteiger partial charge in [-0.1, -0.05) is 46.8 Å². The van der Waals surface area contributed by atoms with Crippen LogP contribution in [0.2, 0.25) is 0 Å². The number of hydrogen-bond acceptors (Lipinski definition) is 1. The molecule has 1 aromatic carbocycles. The molecule has 0 N–H and O–H groups in total. The quantitative estimate of drug-likeness (QED) is 0.683. The molecule has 1 heteroatoms. The summed E-state index contributed by atoms with van der Waals surface area (Å²) in [7, 11) is 0. The first-order valence-corrected chi connectivity index (χ1v) is 7.10. The van der Waals surface area contributed by atoms with E-state index in [1.165, 1.54) is 11.1 Å². The van der Waals surface area contributed by atoms with Crippen LogP contribution in [0.15, 0.2) is 18.2 Å². The van der Waals surface area contributed by atoms with Gasteiger partial charge in [0, 0.05) is 6.42 Å². The highest BCUT2D eigenvalue weighted by Crippen LogP contribution is 2.34.